The lowest BCUT2D eigenvalue weighted by atomic mass is 10.1. The Kier molecular flexibility index (Phi) is 6.15. The van der Waals surface area contributed by atoms with E-state index in [0.717, 1.165) is 45.9 Å². The van der Waals surface area contributed by atoms with Crippen LogP contribution in [0.15, 0.2) is 45.5 Å². The number of unbranched alkanes of at least 4 members (excludes halogenated alkanes) is 2. The van der Waals surface area contributed by atoms with Crippen LogP contribution < -0.4 is 0 Å². The summed E-state index contributed by atoms with van der Waals surface area (Å²) in [5, 5.41) is 12.2. The predicted octanol–water partition coefficient (Wildman–Crippen LogP) is 4.84. The molecule has 1 heterocycles. The summed E-state index contributed by atoms with van der Waals surface area (Å²) in [6.45, 7) is 4.16. The fraction of sp³-hybridized carbons (Fsp3) is 0.412. The van der Waals surface area contributed by atoms with Gasteiger partial charge in [0.25, 0.3) is 0 Å². The summed E-state index contributed by atoms with van der Waals surface area (Å²) < 4.78 is 12.7. The molecule has 0 aliphatic heterocycles. The van der Waals surface area contributed by atoms with Gasteiger partial charge in [0, 0.05) is 9.77 Å². The van der Waals surface area contributed by atoms with Gasteiger partial charge in [-0.1, -0.05) is 43.9 Å². The molecule has 1 aromatic carbocycles. The average molecular weight is 322 g/mol. The van der Waals surface area contributed by atoms with Gasteiger partial charge in [-0.25, -0.2) is 4.21 Å². The van der Waals surface area contributed by atoms with Crippen LogP contribution in [0.25, 0.3) is 0 Å². The number of aliphatic hydroxyl groups is 1. The van der Waals surface area contributed by atoms with E-state index in [0.29, 0.717) is 0 Å². The molecule has 0 saturated heterocycles. The van der Waals surface area contributed by atoms with Gasteiger partial charge in [0.15, 0.2) is 0 Å². The lowest BCUT2D eigenvalue weighted by Gasteiger charge is -2.11. The maximum atomic E-state index is 12.7. The van der Waals surface area contributed by atoms with Crippen LogP contribution in [-0.4, -0.2) is 9.32 Å². The minimum atomic E-state index is -1.21. The fourth-order valence-corrected chi connectivity index (χ4v) is 4.63. The van der Waals surface area contributed by atoms with Crippen molar-refractivity contribution in [2.75, 3.05) is 0 Å². The van der Waals surface area contributed by atoms with Crippen LogP contribution >= 0.6 is 11.3 Å². The molecule has 4 heteroatoms. The zero-order valence-corrected chi connectivity index (χ0v) is 14.2. The number of hydrogen-bond acceptors (Lipinski definition) is 3. The maximum absolute atomic E-state index is 12.7. The lowest BCUT2D eigenvalue weighted by Crippen LogP contribution is -2.01. The summed E-state index contributed by atoms with van der Waals surface area (Å²) in [4.78, 5) is 2.40. The number of hydrogen-bond donors (Lipinski definition) is 1. The van der Waals surface area contributed by atoms with Gasteiger partial charge in [0.05, 0.1) is 21.8 Å². The van der Waals surface area contributed by atoms with Crippen LogP contribution in [0.2, 0.25) is 0 Å². The van der Waals surface area contributed by atoms with Gasteiger partial charge in [0.1, 0.15) is 0 Å². The largest absolute Gasteiger partial charge is 0.388 e. The van der Waals surface area contributed by atoms with Crippen molar-refractivity contribution in [1.82, 2.24) is 0 Å². The molecule has 1 N–H and O–H groups in total. The first-order valence-corrected chi connectivity index (χ1v) is 9.40. The summed E-state index contributed by atoms with van der Waals surface area (Å²) in [6.07, 6.45) is 3.51. The SMILES string of the molecule is CCCCC[C@H](O)c1sccc1[S@@](=O)c1ccc(C)cc1. The topological polar surface area (TPSA) is 37.3 Å². The summed E-state index contributed by atoms with van der Waals surface area (Å²) in [5.41, 5.74) is 1.15. The van der Waals surface area contributed by atoms with Crippen molar-refractivity contribution in [2.24, 2.45) is 0 Å². The summed E-state index contributed by atoms with van der Waals surface area (Å²) in [5.74, 6) is 0. The second-order valence-electron chi connectivity index (χ2n) is 5.24. The highest BCUT2D eigenvalue weighted by Crippen LogP contribution is 2.32. The van der Waals surface area contributed by atoms with E-state index in [9.17, 15) is 9.32 Å². The van der Waals surface area contributed by atoms with E-state index in [2.05, 4.69) is 6.92 Å². The van der Waals surface area contributed by atoms with Crippen molar-refractivity contribution < 1.29 is 9.32 Å². The standard InChI is InChI=1S/C17H22O2S2/c1-3-4-5-6-15(18)17-16(11-12-20-17)21(19)14-9-7-13(2)8-10-14/h7-12,15,18H,3-6H2,1-2H3/t15-,21-/m0/s1. The van der Waals surface area contributed by atoms with Gasteiger partial charge < -0.3 is 5.11 Å². The summed E-state index contributed by atoms with van der Waals surface area (Å²) >= 11 is 1.50. The Bertz CT molecular complexity index is 587. The van der Waals surface area contributed by atoms with Gasteiger partial charge in [-0.15, -0.1) is 11.3 Å². The molecule has 2 aromatic rings. The van der Waals surface area contributed by atoms with Crippen molar-refractivity contribution in [3.63, 3.8) is 0 Å². The van der Waals surface area contributed by atoms with Crippen LogP contribution in [0.3, 0.4) is 0 Å². The minimum absolute atomic E-state index is 0.499. The molecular weight excluding hydrogens is 300 g/mol. The summed E-state index contributed by atoms with van der Waals surface area (Å²) in [6, 6.07) is 9.61. The molecule has 2 nitrogen and oxygen atoms in total. The first-order chi connectivity index (χ1) is 10.1. The first kappa shape index (κ1) is 16.4. The van der Waals surface area contributed by atoms with Crippen LogP contribution in [-0.2, 0) is 10.8 Å². The van der Waals surface area contributed by atoms with Crippen molar-refractivity contribution in [2.45, 2.75) is 55.4 Å². The van der Waals surface area contributed by atoms with E-state index < -0.39 is 16.9 Å². The Hall–Kier alpha value is -0.970. The van der Waals surface area contributed by atoms with Gasteiger partial charge >= 0.3 is 0 Å². The molecule has 0 fully saturated rings. The van der Waals surface area contributed by atoms with Crippen molar-refractivity contribution in [3.05, 3.63) is 46.2 Å². The number of benzene rings is 1. The minimum Gasteiger partial charge on any atom is -0.388 e. The molecule has 0 saturated carbocycles. The Morgan fingerprint density at radius 1 is 1.19 bits per heavy atom. The van der Waals surface area contributed by atoms with Crippen LogP contribution in [0.1, 0.15) is 49.2 Å². The monoisotopic (exact) mass is 322 g/mol. The van der Waals surface area contributed by atoms with E-state index in [1.807, 2.05) is 42.6 Å². The Balaban J connectivity index is 2.15. The van der Waals surface area contributed by atoms with E-state index in [1.54, 1.807) is 0 Å². The maximum Gasteiger partial charge on any atom is 0.0894 e. The molecule has 2 atom stereocenters. The molecule has 0 aliphatic rings. The number of thiophene rings is 1. The molecule has 0 amide bonds. The third-order valence-corrected chi connectivity index (χ3v) is 6.08. The Morgan fingerprint density at radius 3 is 2.57 bits per heavy atom. The molecule has 2 rings (SSSR count). The summed E-state index contributed by atoms with van der Waals surface area (Å²) in [7, 11) is -1.21. The van der Waals surface area contributed by atoms with Gasteiger partial charge in [-0.3, -0.25) is 0 Å². The third kappa shape index (κ3) is 4.25. The van der Waals surface area contributed by atoms with Gasteiger partial charge in [0.2, 0.25) is 0 Å². The van der Waals surface area contributed by atoms with Crippen molar-refractivity contribution in [1.29, 1.82) is 0 Å². The Morgan fingerprint density at radius 2 is 1.90 bits per heavy atom. The first-order valence-electron chi connectivity index (χ1n) is 7.37. The number of aliphatic hydroxyl groups excluding tert-OH is 1. The zero-order chi connectivity index (χ0) is 15.2. The molecule has 0 unspecified atom stereocenters. The highest BCUT2D eigenvalue weighted by atomic mass is 32.2. The van der Waals surface area contributed by atoms with Crippen molar-refractivity contribution in [3.8, 4) is 0 Å². The van der Waals surface area contributed by atoms with Gasteiger partial charge in [-0.2, -0.15) is 0 Å². The van der Waals surface area contributed by atoms with Crippen LogP contribution in [0.4, 0.5) is 0 Å². The zero-order valence-electron chi connectivity index (χ0n) is 12.5. The van der Waals surface area contributed by atoms with Crippen LogP contribution in [0, 0.1) is 6.92 Å². The van der Waals surface area contributed by atoms with Crippen molar-refractivity contribution >= 4 is 22.1 Å². The molecule has 0 radical (unpaired) electrons. The number of rotatable bonds is 7. The van der Waals surface area contributed by atoms with E-state index in [4.69, 9.17) is 0 Å². The second kappa shape index (κ2) is 7.87. The van der Waals surface area contributed by atoms with E-state index >= 15 is 0 Å². The van der Waals surface area contributed by atoms with E-state index in [1.165, 1.54) is 11.3 Å². The Labute approximate surface area is 133 Å². The molecule has 0 spiro atoms. The quantitative estimate of drug-likeness (QED) is 0.741. The fourth-order valence-electron chi connectivity index (χ4n) is 2.21. The molecule has 114 valence electrons. The lowest BCUT2D eigenvalue weighted by molar-refractivity contribution is 0.164. The highest BCUT2D eigenvalue weighted by Gasteiger charge is 2.19. The molecule has 1 aromatic heterocycles. The molecule has 0 aliphatic carbocycles. The highest BCUT2D eigenvalue weighted by molar-refractivity contribution is 7.85. The van der Waals surface area contributed by atoms with E-state index in [-0.39, 0.29) is 0 Å². The predicted molar refractivity (Wildman–Crippen MR) is 89.3 cm³/mol. The molecular formula is C17H22O2S2. The average Bonchev–Trinajstić information content (AvgIpc) is 2.97. The van der Waals surface area contributed by atoms with Crippen LogP contribution in [0.5, 0.6) is 0 Å². The molecule has 21 heavy (non-hydrogen) atoms. The van der Waals surface area contributed by atoms with Gasteiger partial charge in [-0.05, 0) is 36.9 Å². The molecule has 0 bridgehead atoms. The smallest absolute Gasteiger partial charge is 0.0894 e. The normalized spacial score (nSPS) is 14.0. The second-order valence-corrected chi connectivity index (χ2v) is 7.64. The number of aryl methyl sites for hydroxylation is 1. The third-order valence-electron chi connectivity index (χ3n) is 3.48.